The van der Waals surface area contributed by atoms with Gasteiger partial charge in [0.2, 0.25) is 5.91 Å². The van der Waals surface area contributed by atoms with Crippen molar-refractivity contribution >= 4 is 17.7 Å². The second-order valence-corrected chi connectivity index (χ2v) is 12.2. The quantitative estimate of drug-likeness (QED) is 0.205. The van der Waals surface area contributed by atoms with E-state index in [1.807, 2.05) is 69.3 Å². The Bertz CT molecular complexity index is 1310. The first-order chi connectivity index (χ1) is 20.0. The summed E-state index contributed by atoms with van der Waals surface area (Å²) >= 11 is 0. The van der Waals surface area contributed by atoms with Crippen molar-refractivity contribution in [2.75, 3.05) is 13.7 Å². The van der Waals surface area contributed by atoms with Crippen LogP contribution >= 0.6 is 0 Å². The van der Waals surface area contributed by atoms with Gasteiger partial charge in [-0.25, -0.2) is 0 Å². The minimum atomic E-state index is -1.03. The lowest BCUT2D eigenvalue weighted by molar-refractivity contribution is -0.142. The molecule has 0 spiro atoms. The molecule has 42 heavy (non-hydrogen) atoms. The van der Waals surface area contributed by atoms with Gasteiger partial charge in [0.1, 0.15) is 0 Å². The number of methoxy groups -OCH3 is 1. The minimum Gasteiger partial charge on any atom is -0.481 e. The zero-order chi connectivity index (χ0) is 30.7. The molecule has 0 radical (unpaired) electrons. The van der Waals surface area contributed by atoms with E-state index in [9.17, 15) is 19.5 Å². The molecule has 1 amide bonds. The predicted molar refractivity (Wildman–Crippen MR) is 167 cm³/mol. The van der Waals surface area contributed by atoms with Gasteiger partial charge in [-0.3, -0.25) is 14.4 Å². The molecule has 3 aromatic carbocycles. The van der Waals surface area contributed by atoms with Gasteiger partial charge in [0.05, 0.1) is 19.1 Å². The molecule has 0 aromatic heterocycles. The Kier molecular flexibility index (Phi) is 12.0. The molecule has 0 aliphatic carbocycles. The Morgan fingerprint density at radius 2 is 1.55 bits per heavy atom. The van der Waals surface area contributed by atoms with Gasteiger partial charge in [-0.1, -0.05) is 99.6 Å². The van der Waals surface area contributed by atoms with Crippen LogP contribution in [-0.4, -0.2) is 42.5 Å². The summed E-state index contributed by atoms with van der Waals surface area (Å²) in [6.45, 7) is 8.21. The number of Topliss-reactive ketones (excluding diaryl/α,β-unsaturated/α-hetero) is 1. The molecule has 0 saturated heterocycles. The number of amides is 1. The van der Waals surface area contributed by atoms with E-state index in [2.05, 4.69) is 42.6 Å². The first-order valence-corrected chi connectivity index (χ1v) is 14.7. The zero-order valence-electron chi connectivity index (χ0n) is 25.6. The van der Waals surface area contributed by atoms with E-state index in [0.717, 1.165) is 17.5 Å². The number of carbonyl (C=O) groups is 3. The van der Waals surface area contributed by atoms with Gasteiger partial charge in [0.25, 0.3) is 0 Å². The lowest BCUT2D eigenvalue weighted by Crippen LogP contribution is -2.51. The molecule has 0 bridgehead atoms. The number of carbonyl (C=O) groups excluding carboxylic acids is 2. The van der Waals surface area contributed by atoms with Crippen LogP contribution < -0.4 is 5.32 Å². The average Bonchev–Trinajstić information content (AvgIpc) is 2.95. The van der Waals surface area contributed by atoms with Crippen LogP contribution in [0.3, 0.4) is 0 Å². The fourth-order valence-corrected chi connectivity index (χ4v) is 5.51. The molecule has 0 fully saturated rings. The summed E-state index contributed by atoms with van der Waals surface area (Å²) in [5.41, 5.74) is 5.12. The zero-order valence-corrected chi connectivity index (χ0v) is 25.6. The minimum absolute atomic E-state index is 0.0928. The third-order valence-corrected chi connectivity index (χ3v) is 7.75. The second-order valence-electron chi connectivity index (χ2n) is 12.2. The van der Waals surface area contributed by atoms with Gasteiger partial charge in [0.15, 0.2) is 5.78 Å². The van der Waals surface area contributed by atoms with E-state index in [0.29, 0.717) is 19.4 Å². The molecule has 6 nitrogen and oxygen atoms in total. The van der Waals surface area contributed by atoms with Crippen molar-refractivity contribution in [2.24, 2.45) is 11.3 Å². The van der Waals surface area contributed by atoms with Crippen LogP contribution in [-0.2, 0) is 25.5 Å². The molecule has 3 atom stereocenters. The highest BCUT2D eigenvalue weighted by molar-refractivity contribution is 5.91. The number of carboxylic acids is 1. The summed E-state index contributed by atoms with van der Waals surface area (Å²) in [4.78, 5) is 38.8. The van der Waals surface area contributed by atoms with Gasteiger partial charge in [-0.05, 0) is 59.4 Å². The molecular formula is C36H45NO5. The van der Waals surface area contributed by atoms with Crippen molar-refractivity contribution < 1.29 is 24.2 Å². The van der Waals surface area contributed by atoms with Crippen molar-refractivity contribution in [1.29, 1.82) is 0 Å². The normalized spacial score (nSPS) is 13.6. The Balaban J connectivity index is 1.67. The molecule has 0 aliphatic rings. The Labute approximate surface area is 250 Å². The molecule has 2 N–H and O–H groups in total. The fourth-order valence-electron chi connectivity index (χ4n) is 5.51. The van der Waals surface area contributed by atoms with Crippen LogP contribution in [0.1, 0.15) is 69.1 Å². The molecule has 3 rings (SSSR count). The summed E-state index contributed by atoms with van der Waals surface area (Å²) < 4.78 is 5.40. The maximum absolute atomic E-state index is 13.6. The van der Waals surface area contributed by atoms with Crippen LogP contribution in [0.25, 0.3) is 11.1 Å². The third kappa shape index (κ3) is 9.66. The van der Waals surface area contributed by atoms with Crippen molar-refractivity contribution in [3.63, 3.8) is 0 Å². The maximum atomic E-state index is 13.6. The van der Waals surface area contributed by atoms with Crippen LogP contribution in [0.5, 0.6) is 0 Å². The van der Waals surface area contributed by atoms with Gasteiger partial charge in [-0.15, -0.1) is 0 Å². The van der Waals surface area contributed by atoms with E-state index in [4.69, 9.17) is 4.74 Å². The van der Waals surface area contributed by atoms with E-state index in [1.165, 1.54) is 16.7 Å². The number of aryl methyl sites for hydroxylation is 2. The molecule has 224 valence electrons. The van der Waals surface area contributed by atoms with Crippen LogP contribution in [0.4, 0.5) is 0 Å². The molecule has 0 unspecified atom stereocenters. The number of carboxylic acid groups (broad SMARTS) is 1. The molecule has 6 heteroatoms. The van der Waals surface area contributed by atoms with Gasteiger partial charge >= 0.3 is 5.97 Å². The number of benzene rings is 3. The van der Waals surface area contributed by atoms with Gasteiger partial charge < -0.3 is 15.2 Å². The van der Waals surface area contributed by atoms with Crippen LogP contribution in [0, 0.1) is 18.3 Å². The number of rotatable bonds is 15. The summed E-state index contributed by atoms with van der Waals surface area (Å²) in [6.07, 6.45) is 1.74. The summed E-state index contributed by atoms with van der Waals surface area (Å²) in [6, 6.07) is 25.6. The number of aliphatic carboxylic acids is 1. The first-order valence-electron chi connectivity index (χ1n) is 14.7. The summed E-state index contributed by atoms with van der Waals surface area (Å²) in [7, 11) is 1.61. The SMILES string of the molecule is COC[C@H](CC(=O)[C@H](NC(=O)[C@@H](CCCc1ccc(-c2ccccc2)c(C)c1)CC(=O)O)C(C)(C)C)c1ccccc1. The van der Waals surface area contributed by atoms with Gasteiger partial charge in [0, 0.05) is 25.4 Å². The van der Waals surface area contributed by atoms with Crippen molar-refractivity contribution in [1.82, 2.24) is 5.32 Å². The summed E-state index contributed by atoms with van der Waals surface area (Å²) in [5, 5.41) is 12.5. The topological polar surface area (TPSA) is 92.7 Å². The van der Waals surface area contributed by atoms with E-state index in [-0.39, 0.29) is 30.4 Å². The largest absolute Gasteiger partial charge is 0.481 e. The van der Waals surface area contributed by atoms with Crippen molar-refractivity contribution in [3.05, 3.63) is 95.6 Å². The standard InChI is InChI=1S/C36H45NO5/c1-25-21-26(19-20-31(25)28-16-10-7-11-17-28)13-12-18-29(23-33(39)40)35(41)37-34(36(2,3)4)32(38)22-30(24-42-5)27-14-8-6-9-15-27/h6-11,14-17,19-21,29-30,34H,12-13,18,22-24H2,1-5H3,(H,37,41)(H,39,40)/t29-,30-,34-/m0/s1. The van der Waals surface area contributed by atoms with E-state index < -0.39 is 23.3 Å². The molecule has 0 saturated carbocycles. The second kappa shape index (κ2) is 15.5. The monoisotopic (exact) mass is 571 g/mol. The smallest absolute Gasteiger partial charge is 0.304 e. The lowest BCUT2D eigenvalue weighted by atomic mass is 9.80. The molecule has 0 aliphatic heterocycles. The van der Waals surface area contributed by atoms with E-state index in [1.54, 1.807) is 7.11 Å². The maximum Gasteiger partial charge on any atom is 0.304 e. The van der Waals surface area contributed by atoms with E-state index >= 15 is 0 Å². The molecule has 0 heterocycles. The number of ketones is 1. The number of hydrogen-bond acceptors (Lipinski definition) is 4. The fraction of sp³-hybridized carbons (Fsp3) is 0.417. The summed E-state index contributed by atoms with van der Waals surface area (Å²) in [5.74, 6) is -2.37. The van der Waals surface area contributed by atoms with Crippen molar-refractivity contribution in [3.8, 4) is 11.1 Å². The molecule has 3 aromatic rings. The highest BCUT2D eigenvalue weighted by atomic mass is 16.5. The highest BCUT2D eigenvalue weighted by Gasteiger charge is 2.35. The molecular weight excluding hydrogens is 526 g/mol. The van der Waals surface area contributed by atoms with Crippen LogP contribution in [0.2, 0.25) is 0 Å². The van der Waals surface area contributed by atoms with Crippen molar-refractivity contribution in [2.45, 2.75) is 71.8 Å². The Hall–Kier alpha value is -3.77. The van der Waals surface area contributed by atoms with Crippen LogP contribution in [0.15, 0.2) is 78.9 Å². The number of ether oxygens (including phenoxy) is 1. The van der Waals surface area contributed by atoms with Gasteiger partial charge in [-0.2, -0.15) is 0 Å². The number of hydrogen-bond donors (Lipinski definition) is 2. The average molecular weight is 572 g/mol. The Morgan fingerprint density at radius 3 is 2.12 bits per heavy atom. The first kappa shape index (κ1) is 32.7. The highest BCUT2D eigenvalue weighted by Crippen LogP contribution is 2.28. The third-order valence-electron chi connectivity index (χ3n) is 7.75. The Morgan fingerprint density at radius 1 is 0.905 bits per heavy atom. The lowest BCUT2D eigenvalue weighted by Gasteiger charge is -2.32. The predicted octanol–water partition coefficient (Wildman–Crippen LogP) is 7.00. The number of nitrogens with one attached hydrogen (secondary N) is 1.